The number of benzene rings is 1. The number of carbonyl (C=O) groups excluding carboxylic acids is 2. The van der Waals surface area contributed by atoms with E-state index in [-0.39, 0.29) is 17.5 Å². The van der Waals surface area contributed by atoms with Crippen molar-refractivity contribution in [1.82, 2.24) is 5.32 Å². The van der Waals surface area contributed by atoms with Crippen LogP contribution in [0.1, 0.15) is 50.4 Å². The third-order valence-electron chi connectivity index (χ3n) is 4.78. The molecule has 1 aliphatic carbocycles. The Bertz CT molecular complexity index is 575. The van der Waals surface area contributed by atoms with Gasteiger partial charge in [-0.25, -0.2) is 4.79 Å². The van der Waals surface area contributed by atoms with E-state index in [2.05, 4.69) is 19.2 Å². The van der Waals surface area contributed by atoms with Crippen molar-refractivity contribution in [1.29, 1.82) is 0 Å². The molecule has 0 aromatic heterocycles. The Morgan fingerprint density at radius 1 is 1.26 bits per heavy atom. The predicted molar refractivity (Wildman–Crippen MR) is 90.4 cm³/mol. The van der Waals surface area contributed by atoms with E-state index in [1.54, 1.807) is 31.2 Å². The van der Waals surface area contributed by atoms with E-state index < -0.39 is 12.1 Å². The van der Waals surface area contributed by atoms with E-state index in [1.807, 2.05) is 0 Å². The number of esters is 1. The van der Waals surface area contributed by atoms with Crippen LogP contribution in [0.2, 0.25) is 5.02 Å². The Morgan fingerprint density at radius 3 is 2.65 bits per heavy atom. The lowest BCUT2D eigenvalue weighted by Crippen LogP contribution is -2.47. The summed E-state index contributed by atoms with van der Waals surface area (Å²) in [5.74, 6) is 0.189. The molecule has 0 bridgehead atoms. The highest BCUT2D eigenvalue weighted by Gasteiger charge is 2.30. The Hall–Kier alpha value is -1.55. The van der Waals surface area contributed by atoms with Gasteiger partial charge in [0.1, 0.15) is 0 Å². The van der Waals surface area contributed by atoms with Gasteiger partial charge >= 0.3 is 5.97 Å². The second-order valence-electron chi connectivity index (χ2n) is 6.41. The van der Waals surface area contributed by atoms with Gasteiger partial charge in [-0.3, -0.25) is 4.79 Å². The summed E-state index contributed by atoms with van der Waals surface area (Å²) in [6, 6.07) is 6.79. The van der Waals surface area contributed by atoms with Gasteiger partial charge in [-0.1, -0.05) is 50.4 Å². The van der Waals surface area contributed by atoms with E-state index in [0.29, 0.717) is 16.9 Å². The van der Waals surface area contributed by atoms with Crippen molar-refractivity contribution in [3.05, 3.63) is 34.9 Å². The maximum Gasteiger partial charge on any atom is 0.340 e. The van der Waals surface area contributed by atoms with Crippen LogP contribution in [0, 0.1) is 11.8 Å². The maximum atomic E-state index is 12.3. The van der Waals surface area contributed by atoms with Crippen molar-refractivity contribution in [2.45, 2.75) is 52.2 Å². The summed E-state index contributed by atoms with van der Waals surface area (Å²) in [6.45, 7) is 5.96. The molecule has 0 radical (unpaired) electrons. The van der Waals surface area contributed by atoms with Crippen LogP contribution in [0.15, 0.2) is 24.3 Å². The first kappa shape index (κ1) is 17.8. The molecule has 23 heavy (non-hydrogen) atoms. The number of hydrogen-bond acceptors (Lipinski definition) is 3. The SMILES string of the molecule is C[C@@H]1[C@@H](C)CCC[C@H]1NC(=O)[C@@H](C)OC(=O)c1ccccc1Cl. The highest BCUT2D eigenvalue weighted by molar-refractivity contribution is 6.33. The summed E-state index contributed by atoms with van der Waals surface area (Å²) in [4.78, 5) is 24.4. The van der Waals surface area contributed by atoms with Gasteiger partial charge in [-0.2, -0.15) is 0 Å². The molecule has 1 aromatic rings. The fourth-order valence-electron chi connectivity index (χ4n) is 2.99. The zero-order chi connectivity index (χ0) is 17.0. The minimum Gasteiger partial charge on any atom is -0.449 e. The molecular formula is C18H24ClNO3. The van der Waals surface area contributed by atoms with E-state index >= 15 is 0 Å². The van der Waals surface area contributed by atoms with E-state index in [1.165, 1.54) is 6.42 Å². The molecule has 0 unspecified atom stereocenters. The topological polar surface area (TPSA) is 55.4 Å². The lowest BCUT2D eigenvalue weighted by molar-refractivity contribution is -0.130. The minimum absolute atomic E-state index is 0.146. The number of ether oxygens (including phenoxy) is 1. The zero-order valence-corrected chi connectivity index (χ0v) is 14.6. The number of halogens is 1. The molecular weight excluding hydrogens is 314 g/mol. The number of hydrogen-bond donors (Lipinski definition) is 1. The average molecular weight is 338 g/mol. The predicted octanol–water partition coefficient (Wildman–Crippen LogP) is 3.83. The Kier molecular flexibility index (Phi) is 6.05. The Labute approximate surface area is 142 Å². The molecule has 5 heteroatoms. The lowest BCUT2D eigenvalue weighted by atomic mass is 9.78. The molecule has 1 amide bonds. The minimum atomic E-state index is -0.844. The normalized spacial score (nSPS) is 25.5. The molecule has 126 valence electrons. The number of carbonyl (C=O) groups is 2. The Morgan fingerprint density at radius 2 is 1.96 bits per heavy atom. The zero-order valence-electron chi connectivity index (χ0n) is 13.8. The van der Waals surface area contributed by atoms with Gasteiger partial charge in [-0.05, 0) is 37.3 Å². The molecule has 1 fully saturated rings. The summed E-state index contributed by atoms with van der Waals surface area (Å²) < 4.78 is 5.25. The van der Waals surface area contributed by atoms with Crippen molar-refractivity contribution in [2.24, 2.45) is 11.8 Å². The monoisotopic (exact) mass is 337 g/mol. The standard InChI is InChI=1S/C18H24ClNO3/c1-11-7-6-10-16(12(11)2)20-17(21)13(3)23-18(22)14-8-4-5-9-15(14)19/h4-5,8-9,11-13,16H,6-7,10H2,1-3H3,(H,20,21)/t11-,12+,13+,16+/m0/s1. The van der Waals surface area contributed by atoms with Gasteiger partial charge in [0.25, 0.3) is 5.91 Å². The molecule has 4 nitrogen and oxygen atoms in total. The van der Waals surface area contributed by atoms with Crippen LogP contribution in [-0.2, 0) is 9.53 Å². The maximum absolute atomic E-state index is 12.3. The molecule has 0 spiro atoms. The first-order valence-corrected chi connectivity index (χ1v) is 8.53. The van der Waals surface area contributed by atoms with Crippen molar-refractivity contribution >= 4 is 23.5 Å². The largest absolute Gasteiger partial charge is 0.449 e. The van der Waals surface area contributed by atoms with Gasteiger partial charge in [0.15, 0.2) is 6.10 Å². The van der Waals surface area contributed by atoms with Crippen molar-refractivity contribution in [3.63, 3.8) is 0 Å². The number of amides is 1. The van der Waals surface area contributed by atoms with Gasteiger partial charge < -0.3 is 10.1 Å². The second kappa shape index (κ2) is 7.82. The smallest absolute Gasteiger partial charge is 0.340 e. The van der Waals surface area contributed by atoms with Crippen LogP contribution >= 0.6 is 11.6 Å². The highest BCUT2D eigenvalue weighted by Crippen LogP contribution is 2.29. The van der Waals surface area contributed by atoms with E-state index in [4.69, 9.17) is 16.3 Å². The molecule has 0 heterocycles. The van der Waals surface area contributed by atoms with E-state index in [9.17, 15) is 9.59 Å². The van der Waals surface area contributed by atoms with Gasteiger partial charge in [0.2, 0.25) is 0 Å². The van der Waals surface area contributed by atoms with Gasteiger partial charge in [0.05, 0.1) is 10.6 Å². The summed E-state index contributed by atoms with van der Waals surface area (Å²) >= 11 is 5.97. The van der Waals surface area contributed by atoms with Gasteiger partial charge in [-0.15, -0.1) is 0 Å². The molecule has 4 atom stereocenters. The van der Waals surface area contributed by atoms with Crippen LogP contribution in [-0.4, -0.2) is 24.0 Å². The first-order chi connectivity index (χ1) is 10.9. The van der Waals surface area contributed by atoms with Crippen molar-refractivity contribution in [3.8, 4) is 0 Å². The van der Waals surface area contributed by atoms with Gasteiger partial charge in [0, 0.05) is 6.04 Å². The molecule has 0 aliphatic heterocycles. The third-order valence-corrected chi connectivity index (χ3v) is 5.11. The number of rotatable bonds is 4. The third kappa shape index (κ3) is 4.47. The molecule has 1 N–H and O–H groups in total. The fraction of sp³-hybridized carbons (Fsp3) is 0.556. The second-order valence-corrected chi connectivity index (χ2v) is 6.82. The highest BCUT2D eigenvalue weighted by atomic mass is 35.5. The van der Waals surface area contributed by atoms with Crippen molar-refractivity contribution in [2.75, 3.05) is 0 Å². The molecule has 1 aromatic carbocycles. The average Bonchev–Trinajstić information content (AvgIpc) is 2.52. The number of nitrogens with one attached hydrogen (secondary N) is 1. The Balaban J connectivity index is 1.92. The van der Waals surface area contributed by atoms with Crippen LogP contribution < -0.4 is 5.32 Å². The molecule has 1 aliphatic rings. The fourth-order valence-corrected chi connectivity index (χ4v) is 3.20. The van der Waals surface area contributed by atoms with Crippen LogP contribution in [0.3, 0.4) is 0 Å². The lowest BCUT2D eigenvalue weighted by Gasteiger charge is -2.35. The summed E-state index contributed by atoms with van der Waals surface area (Å²) in [7, 11) is 0. The quantitative estimate of drug-likeness (QED) is 0.849. The van der Waals surface area contributed by atoms with Crippen LogP contribution in [0.25, 0.3) is 0 Å². The van der Waals surface area contributed by atoms with E-state index in [0.717, 1.165) is 12.8 Å². The molecule has 0 saturated heterocycles. The summed E-state index contributed by atoms with van der Waals surface area (Å²) in [5, 5.41) is 3.34. The summed E-state index contributed by atoms with van der Waals surface area (Å²) in [6.07, 6.45) is 2.44. The van der Waals surface area contributed by atoms with Crippen LogP contribution in [0.4, 0.5) is 0 Å². The summed E-state index contributed by atoms with van der Waals surface area (Å²) in [5.41, 5.74) is 0.272. The molecule has 1 saturated carbocycles. The van der Waals surface area contributed by atoms with Crippen molar-refractivity contribution < 1.29 is 14.3 Å². The molecule has 2 rings (SSSR count). The first-order valence-electron chi connectivity index (χ1n) is 8.16. The van der Waals surface area contributed by atoms with Crippen LogP contribution in [0.5, 0.6) is 0 Å².